The molecule has 5 heteroatoms. The molecule has 32 heavy (non-hydrogen) atoms. The van der Waals surface area contributed by atoms with E-state index in [9.17, 15) is 9.59 Å². The molecule has 0 atom stereocenters. The normalized spacial score (nSPS) is 31.1. The molecule has 0 spiro atoms. The molecule has 1 heterocycles. The maximum Gasteiger partial charge on any atom is 0.317 e. The van der Waals surface area contributed by atoms with Gasteiger partial charge in [0.15, 0.2) is 11.5 Å². The number of hydrogen-bond donors (Lipinski definition) is 0. The maximum absolute atomic E-state index is 13.3. The summed E-state index contributed by atoms with van der Waals surface area (Å²) in [6.45, 7) is 0. The summed E-state index contributed by atoms with van der Waals surface area (Å²) in [5, 5.41) is 0. The van der Waals surface area contributed by atoms with E-state index >= 15 is 0 Å². The van der Waals surface area contributed by atoms with Crippen LogP contribution in [0.3, 0.4) is 0 Å². The number of thioether (sulfide) groups is 1. The summed E-state index contributed by atoms with van der Waals surface area (Å²) in [5.41, 5.74) is 1.29. The van der Waals surface area contributed by atoms with Crippen LogP contribution < -0.4 is 9.47 Å². The van der Waals surface area contributed by atoms with Crippen LogP contribution in [0.5, 0.6) is 11.5 Å². The van der Waals surface area contributed by atoms with Crippen molar-refractivity contribution in [3.8, 4) is 11.5 Å². The molecule has 4 fully saturated rings. The quantitative estimate of drug-likeness (QED) is 0.320. The van der Waals surface area contributed by atoms with Crippen molar-refractivity contribution >= 4 is 29.6 Å². The Balaban J connectivity index is 1.23. The van der Waals surface area contributed by atoms with Gasteiger partial charge in [0.25, 0.3) is 0 Å². The summed E-state index contributed by atoms with van der Waals surface area (Å²) in [7, 11) is 1.58. The Kier molecular flexibility index (Phi) is 4.72. The van der Waals surface area contributed by atoms with Crippen LogP contribution in [-0.2, 0) is 4.79 Å². The molecule has 2 aromatic carbocycles. The van der Waals surface area contributed by atoms with Crippen LogP contribution >= 0.6 is 11.8 Å². The summed E-state index contributed by atoms with van der Waals surface area (Å²) in [6, 6.07) is 13.2. The van der Waals surface area contributed by atoms with E-state index in [0.29, 0.717) is 34.2 Å². The molecular formula is C27H26O4S. The second-order valence-electron chi connectivity index (χ2n) is 9.93. The van der Waals surface area contributed by atoms with Crippen LogP contribution in [0.2, 0.25) is 0 Å². The van der Waals surface area contributed by atoms with Crippen molar-refractivity contribution in [2.45, 2.75) is 43.4 Å². The molecule has 0 saturated heterocycles. The van der Waals surface area contributed by atoms with Crippen molar-refractivity contribution in [3.05, 3.63) is 58.5 Å². The molecule has 1 aliphatic heterocycles. The number of methoxy groups -OCH3 is 1. The van der Waals surface area contributed by atoms with Gasteiger partial charge in [0.2, 0.25) is 5.78 Å². The van der Waals surface area contributed by atoms with Crippen LogP contribution in [0.4, 0.5) is 0 Å². The average molecular weight is 447 g/mol. The predicted octanol–water partition coefficient (Wildman–Crippen LogP) is 6.15. The SMILES string of the molecule is COc1cc(/C=C2/Sc3ccccc3C2=O)ccc1OC(=O)C12CC3CC(CC(C3)C1)C2. The Morgan fingerprint density at radius 3 is 2.34 bits per heavy atom. The standard InChI is InChI=1S/C27H26O4S/c1-30-22-11-16(12-24-25(28)20-4-2-3-5-23(20)32-24)6-7-21(22)31-26(29)27-13-17-8-18(14-27)10-19(9-17)15-27/h2-7,11-12,17-19H,8-10,13-15H2,1H3/b24-12+. The smallest absolute Gasteiger partial charge is 0.317 e. The van der Waals surface area contributed by atoms with Gasteiger partial charge in [-0.15, -0.1) is 0 Å². The number of carbonyl (C=O) groups excluding carboxylic acids is 2. The minimum absolute atomic E-state index is 0.0434. The molecule has 0 amide bonds. The van der Waals surface area contributed by atoms with Gasteiger partial charge >= 0.3 is 5.97 Å². The number of fused-ring (bicyclic) bond motifs is 1. The molecule has 0 N–H and O–H groups in total. The number of allylic oxidation sites excluding steroid dienone is 1. The summed E-state index contributed by atoms with van der Waals surface area (Å²) in [5.74, 6) is 3.01. The van der Waals surface area contributed by atoms with Gasteiger partial charge in [0.1, 0.15) is 0 Å². The third kappa shape index (κ3) is 3.29. The summed E-state index contributed by atoms with van der Waals surface area (Å²) in [4.78, 5) is 27.7. The van der Waals surface area contributed by atoms with Gasteiger partial charge in [-0.1, -0.05) is 30.0 Å². The number of Topliss-reactive ketones (excluding diaryl/α,β-unsaturated/α-hetero) is 1. The zero-order chi connectivity index (χ0) is 21.9. The van der Waals surface area contributed by atoms with Gasteiger partial charge in [-0.3, -0.25) is 9.59 Å². The number of ketones is 1. The molecular weight excluding hydrogens is 420 g/mol. The number of carbonyl (C=O) groups is 2. The second kappa shape index (κ2) is 7.51. The van der Waals surface area contributed by atoms with Gasteiger partial charge in [0, 0.05) is 10.5 Å². The first-order valence-electron chi connectivity index (χ1n) is 11.5. The molecule has 0 aromatic heterocycles. The van der Waals surface area contributed by atoms with E-state index < -0.39 is 0 Å². The highest BCUT2D eigenvalue weighted by molar-refractivity contribution is 8.04. The zero-order valence-electron chi connectivity index (χ0n) is 18.1. The molecule has 4 nitrogen and oxygen atoms in total. The molecule has 0 radical (unpaired) electrons. The van der Waals surface area contributed by atoms with Gasteiger partial charge in [-0.2, -0.15) is 0 Å². The molecule has 2 aromatic rings. The maximum atomic E-state index is 13.3. The van der Waals surface area contributed by atoms with Crippen LogP contribution in [-0.4, -0.2) is 18.9 Å². The predicted molar refractivity (Wildman–Crippen MR) is 124 cm³/mol. The zero-order valence-corrected chi connectivity index (χ0v) is 19.0. The van der Waals surface area contributed by atoms with Crippen molar-refractivity contribution in [2.24, 2.45) is 23.2 Å². The highest BCUT2D eigenvalue weighted by Crippen LogP contribution is 2.60. The lowest BCUT2D eigenvalue weighted by atomic mass is 9.49. The minimum Gasteiger partial charge on any atom is -0.493 e. The number of hydrogen-bond acceptors (Lipinski definition) is 5. The Labute approximate surface area is 192 Å². The van der Waals surface area contributed by atoms with Crippen LogP contribution in [0.1, 0.15) is 54.4 Å². The highest BCUT2D eigenvalue weighted by atomic mass is 32.2. The van der Waals surface area contributed by atoms with Gasteiger partial charge < -0.3 is 9.47 Å². The first-order chi connectivity index (χ1) is 15.5. The Morgan fingerprint density at radius 1 is 1.00 bits per heavy atom. The lowest BCUT2D eigenvalue weighted by molar-refractivity contribution is -0.161. The Hall–Kier alpha value is -2.53. The molecule has 5 aliphatic rings. The molecule has 0 unspecified atom stereocenters. The lowest BCUT2D eigenvalue weighted by Crippen LogP contribution is -2.51. The van der Waals surface area contributed by atoms with E-state index in [1.54, 1.807) is 13.2 Å². The van der Waals surface area contributed by atoms with Crippen molar-refractivity contribution in [1.82, 2.24) is 0 Å². The topological polar surface area (TPSA) is 52.6 Å². The average Bonchev–Trinajstić information content (AvgIpc) is 3.09. The van der Waals surface area contributed by atoms with E-state index in [4.69, 9.17) is 9.47 Å². The van der Waals surface area contributed by atoms with E-state index in [-0.39, 0.29) is 17.2 Å². The molecule has 4 saturated carbocycles. The van der Waals surface area contributed by atoms with Crippen molar-refractivity contribution in [3.63, 3.8) is 0 Å². The van der Waals surface area contributed by atoms with Crippen molar-refractivity contribution in [2.75, 3.05) is 7.11 Å². The monoisotopic (exact) mass is 446 g/mol. The summed E-state index contributed by atoms with van der Waals surface area (Å²) >= 11 is 1.48. The third-order valence-corrected chi connectivity index (χ3v) is 8.83. The fraction of sp³-hybridized carbons (Fsp3) is 0.407. The fourth-order valence-electron chi connectivity index (χ4n) is 6.71. The second-order valence-corrected chi connectivity index (χ2v) is 11.0. The van der Waals surface area contributed by atoms with Crippen molar-refractivity contribution < 1.29 is 19.1 Å². The number of ether oxygens (including phenoxy) is 2. The van der Waals surface area contributed by atoms with E-state index in [0.717, 1.165) is 35.3 Å². The highest BCUT2D eigenvalue weighted by Gasteiger charge is 2.55. The van der Waals surface area contributed by atoms with E-state index in [1.165, 1.54) is 31.0 Å². The fourth-order valence-corrected chi connectivity index (χ4v) is 7.77. The van der Waals surface area contributed by atoms with Gasteiger partial charge in [0.05, 0.1) is 17.4 Å². The van der Waals surface area contributed by atoms with E-state index in [1.807, 2.05) is 42.5 Å². The number of benzene rings is 2. The van der Waals surface area contributed by atoms with Crippen molar-refractivity contribution in [1.29, 1.82) is 0 Å². The molecule has 4 aliphatic carbocycles. The van der Waals surface area contributed by atoms with Crippen LogP contribution in [0.15, 0.2) is 52.3 Å². The van der Waals surface area contributed by atoms with Crippen LogP contribution in [0, 0.1) is 23.2 Å². The number of rotatable bonds is 4. The Bertz CT molecular complexity index is 1110. The summed E-state index contributed by atoms with van der Waals surface area (Å²) in [6.07, 6.45) is 8.68. The lowest BCUT2D eigenvalue weighted by Gasteiger charge is -2.55. The molecule has 164 valence electrons. The van der Waals surface area contributed by atoms with Gasteiger partial charge in [-0.25, -0.2) is 0 Å². The van der Waals surface area contributed by atoms with E-state index in [2.05, 4.69) is 0 Å². The molecule has 4 bridgehead atoms. The first kappa shape index (κ1) is 20.1. The van der Waals surface area contributed by atoms with Crippen LogP contribution in [0.25, 0.3) is 6.08 Å². The first-order valence-corrected chi connectivity index (χ1v) is 12.3. The third-order valence-electron chi connectivity index (χ3n) is 7.73. The summed E-state index contributed by atoms with van der Waals surface area (Å²) < 4.78 is 11.5. The van der Waals surface area contributed by atoms with Gasteiger partial charge in [-0.05, 0) is 92.2 Å². The molecule has 7 rings (SSSR count). The Morgan fingerprint density at radius 2 is 1.69 bits per heavy atom. The minimum atomic E-state index is -0.306. The number of esters is 1. The largest absolute Gasteiger partial charge is 0.493 e.